The first kappa shape index (κ1) is 17.1. The van der Waals surface area contributed by atoms with Crippen molar-refractivity contribution in [2.75, 3.05) is 32.7 Å². The van der Waals surface area contributed by atoms with E-state index in [0.29, 0.717) is 25.6 Å². The van der Waals surface area contributed by atoms with Gasteiger partial charge in [-0.3, -0.25) is 0 Å². The van der Waals surface area contributed by atoms with Crippen LogP contribution in [0.3, 0.4) is 0 Å². The zero-order chi connectivity index (χ0) is 13.2. The number of hydrogen-bond acceptors (Lipinski definition) is 4. The molecule has 0 aromatic heterocycles. The van der Waals surface area contributed by atoms with Gasteiger partial charge in [-0.2, -0.15) is 12.7 Å². The fraction of sp³-hybridized carbons (Fsp3) is 1.00. The van der Waals surface area contributed by atoms with Crippen LogP contribution in [0, 0.1) is 5.92 Å². The summed E-state index contributed by atoms with van der Waals surface area (Å²) in [7, 11) is -3.36. The first-order valence-electron chi connectivity index (χ1n) is 6.58. The Labute approximate surface area is 121 Å². The van der Waals surface area contributed by atoms with E-state index < -0.39 is 10.2 Å². The molecule has 3 atom stereocenters. The minimum Gasteiger partial charge on any atom is -0.373 e. The second kappa shape index (κ2) is 7.19. The molecule has 0 radical (unpaired) electrons. The van der Waals surface area contributed by atoms with E-state index in [9.17, 15) is 8.42 Å². The SMILES string of the molecule is CC1CN(S(=O)(=O)NCC2CCNC2)CC(C)O1.Cl. The maximum atomic E-state index is 12.2. The fourth-order valence-electron chi connectivity index (χ4n) is 2.53. The smallest absolute Gasteiger partial charge is 0.279 e. The van der Waals surface area contributed by atoms with Gasteiger partial charge >= 0.3 is 0 Å². The first-order valence-corrected chi connectivity index (χ1v) is 8.02. The maximum Gasteiger partial charge on any atom is 0.279 e. The van der Waals surface area contributed by atoms with Crippen molar-refractivity contribution in [3.63, 3.8) is 0 Å². The number of halogens is 1. The molecule has 0 bridgehead atoms. The normalized spacial score (nSPS) is 33.1. The number of ether oxygens (including phenoxy) is 1. The number of rotatable bonds is 4. The van der Waals surface area contributed by atoms with Crippen LogP contribution in [0.2, 0.25) is 0 Å². The van der Waals surface area contributed by atoms with E-state index >= 15 is 0 Å². The van der Waals surface area contributed by atoms with Gasteiger partial charge in [0.1, 0.15) is 0 Å². The molecule has 0 aromatic carbocycles. The summed E-state index contributed by atoms with van der Waals surface area (Å²) in [6.07, 6.45) is 0.954. The molecule has 6 nitrogen and oxygen atoms in total. The van der Waals surface area contributed by atoms with Crippen molar-refractivity contribution >= 4 is 22.6 Å². The monoisotopic (exact) mass is 313 g/mol. The third-order valence-corrected chi connectivity index (χ3v) is 4.95. The molecule has 19 heavy (non-hydrogen) atoms. The number of nitrogens with zero attached hydrogens (tertiary/aromatic N) is 1. The average Bonchev–Trinajstić information content (AvgIpc) is 2.78. The van der Waals surface area contributed by atoms with Crippen LogP contribution in [-0.2, 0) is 14.9 Å². The topological polar surface area (TPSA) is 70.7 Å². The molecule has 0 aliphatic carbocycles. The Bertz CT molecular complexity index is 363. The molecule has 0 amide bonds. The molecule has 0 spiro atoms. The van der Waals surface area contributed by atoms with Gasteiger partial charge in [0, 0.05) is 19.6 Å². The van der Waals surface area contributed by atoms with Crippen LogP contribution in [0.15, 0.2) is 0 Å². The Kier molecular flexibility index (Phi) is 6.49. The van der Waals surface area contributed by atoms with Crippen LogP contribution < -0.4 is 10.0 Å². The summed E-state index contributed by atoms with van der Waals surface area (Å²) in [5.74, 6) is 0.413. The number of morpholine rings is 1. The second-order valence-corrected chi connectivity index (χ2v) is 7.04. The Hall–Kier alpha value is 0.0800. The van der Waals surface area contributed by atoms with E-state index in [0.717, 1.165) is 19.5 Å². The Morgan fingerprint density at radius 3 is 2.47 bits per heavy atom. The molecule has 2 saturated heterocycles. The average molecular weight is 314 g/mol. The lowest BCUT2D eigenvalue weighted by molar-refractivity contribution is -0.0444. The third kappa shape index (κ3) is 4.84. The van der Waals surface area contributed by atoms with E-state index in [1.807, 2.05) is 13.8 Å². The molecule has 8 heteroatoms. The Morgan fingerprint density at radius 1 is 1.32 bits per heavy atom. The quantitative estimate of drug-likeness (QED) is 0.764. The van der Waals surface area contributed by atoms with Crippen LogP contribution in [0.1, 0.15) is 20.3 Å². The van der Waals surface area contributed by atoms with E-state index in [2.05, 4.69) is 10.0 Å². The zero-order valence-electron chi connectivity index (χ0n) is 11.5. The molecule has 114 valence electrons. The van der Waals surface area contributed by atoms with Gasteiger partial charge in [0.05, 0.1) is 12.2 Å². The lowest BCUT2D eigenvalue weighted by atomic mass is 10.1. The van der Waals surface area contributed by atoms with Crippen LogP contribution in [0.4, 0.5) is 0 Å². The van der Waals surface area contributed by atoms with E-state index in [4.69, 9.17) is 4.74 Å². The summed E-state index contributed by atoms with van der Waals surface area (Å²) < 4.78 is 34.1. The molecule has 2 aliphatic rings. The van der Waals surface area contributed by atoms with Crippen LogP contribution in [0.5, 0.6) is 0 Å². The van der Waals surface area contributed by atoms with Gasteiger partial charge in [0.25, 0.3) is 10.2 Å². The van der Waals surface area contributed by atoms with E-state index in [1.165, 1.54) is 4.31 Å². The zero-order valence-corrected chi connectivity index (χ0v) is 13.1. The van der Waals surface area contributed by atoms with Gasteiger partial charge in [0.15, 0.2) is 0 Å². The predicted octanol–water partition coefficient (Wildman–Crippen LogP) is -0.0387. The van der Waals surface area contributed by atoms with Crippen LogP contribution in [-0.4, -0.2) is 57.7 Å². The van der Waals surface area contributed by atoms with E-state index in [1.54, 1.807) is 0 Å². The van der Waals surface area contributed by atoms with Crippen molar-refractivity contribution < 1.29 is 13.2 Å². The molecule has 2 heterocycles. The predicted molar refractivity (Wildman–Crippen MR) is 76.7 cm³/mol. The van der Waals surface area contributed by atoms with Gasteiger partial charge in [-0.1, -0.05) is 0 Å². The molecular weight excluding hydrogens is 290 g/mol. The van der Waals surface area contributed by atoms with Crippen molar-refractivity contribution in [2.45, 2.75) is 32.5 Å². The van der Waals surface area contributed by atoms with Gasteiger partial charge in [-0.15, -0.1) is 12.4 Å². The standard InChI is InChI=1S/C11H23N3O3S.ClH/c1-9-7-14(8-10(2)17-9)18(15,16)13-6-11-3-4-12-5-11;/h9-13H,3-8H2,1-2H3;1H. The van der Waals surface area contributed by atoms with Gasteiger partial charge in [-0.25, -0.2) is 4.72 Å². The van der Waals surface area contributed by atoms with E-state index in [-0.39, 0.29) is 24.6 Å². The van der Waals surface area contributed by atoms with Crippen molar-refractivity contribution in [3.8, 4) is 0 Å². The van der Waals surface area contributed by atoms with Crippen LogP contribution in [0.25, 0.3) is 0 Å². The number of nitrogens with one attached hydrogen (secondary N) is 2. The summed E-state index contributed by atoms with van der Waals surface area (Å²) in [4.78, 5) is 0. The first-order chi connectivity index (χ1) is 8.47. The highest BCUT2D eigenvalue weighted by molar-refractivity contribution is 7.87. The van der Waals surface area contributed by atoms with Crippen molar-refractivity contribution in [2.24, 2.45) is 5.92 Å². The summed E-state index contributed by atoms with van der Waals surface area (Å²) in [5, 5.41) is 3.23. The Morgan fingerprint density at radius 2 is 1.95 bits per heavy atom. The van der Waals surface area contributed by atoms with Gasteiger partial charge < -0.3 is 10.1 Å². The van der Waals surface area contributed by atoms with Crippen molar-refractivity contribution in [1.29, 1.82) is 0 Å². The molecule has 2 rings (SSSR count). The lowest BCUT2D eigenvalue weighted by Gasteiger charge is -2.34. The van der Waals surface area contributed by atoms with Crippen molar-refractivity contribution in [3.05, 3.63) is 0 Å². The largest absolute Gasteiger partial charge is 0.373 e. The molecular formula is C11H24ClN3O3S. The third-order valence-electron chi connectivity index (χ3n) is 3.44. The Balaban J connectivity index is 0.00000180. The molecule has 0 aromatic rings. The number of hydrogen-bond donors (Lipinski definition) is 2. The van der Waals surface area contributed by atoms with Crippen LogP contribution >= 0.6 is 12.4 Å². The molecule has 3 unspecified atom stereocenters. The van der Waals surface area contributed by atoms with Crippen molar-refractivity contribution in [1.82, 2.24) is 14.3 Å². The lowest BCUT2D eigenvalue weighted by Crippen LogP contribution is -2.52. The molecule has 2 N–H and O–H groups in total. The summed E-state index contributed by atoms with van der Waals surface area (Å²) in [5.41, 5.74) is 0. The highest BCUT2D eigenvalue weighted by Crippen LogP contribution is 2.14. The second-order valence-electron chi connectivity index (χ2n) is 5.29. The molecule has 2 aliphatic heterocycles. The highest BCUT2D eigenvalue weighted by Gasteiger charge is 2.31. The summed E-state index contributed by atoms with van der Waals surface area (Å²) in [6.45, 7) is 7.08. The minimum atomic E-state index is -3.36. The summed E-state index contributed by atoms with van der Waals surface area (Å²) >= 11 is 0. The highest BCUT2D eigenvalue weighted by atomic mass is 35.5. The fourth-order valence-corrected chi connectivity index (χ4v) is 3.97. The maximum absolute atomic E-state index is 12.2. The summed E-state index contributed by atoms with van der Waals surface area (Å²) in [6, 6.07) is 0. The molecule has 0 saturated carbocycles. The minimum absolute atomic E-state index is 0. The molecule has 2 fully saturated rings. The van der Waals surface area contributed by atoms with Gasteiger partial charge in [-0.05, 0) is 39.3 Å². The van der Waals surface area contributed by atoms with Gasteiger partial charge in [0.2, 0.25) is 0 Å².